The Hall–Kier alpha value is -2.83. The van der Waals surface area contributed by atoms with Crippen LogP contribution in [0.1, 0.15) is 97.3 Å². The van der Waals surface area contributed by atoms with E-state index in [-0.39, 0.29) is 18.9 Å². The first-order chi connectivity index (χ1) is 28.6. The van der Waals surface area contributed by atoms with Crippen LogP contribution < -0.4 is 5.32 Å². The molecule has 0 bridgehead atoms. The first-order valence-corrected chi connectivity index (χ1v) is 21.3. The lowest BCUT2D eigenvalue weighted by atomic mass is 9.97. The number of rotatable bonds is 29. The Morgan fingerprint density at radius 1 is 0.627 bits per heavy atom. The summed E-state index contributed by atoms with van der Waals surface area (Å²) >= 11 is 0. The Morgan fingerprint density at radius 2 is 1.17 bits per heavy atom. The number of hydrogen-bond acceptors (Lipinski definition) is 13. The fraction of sp³-hybridized carbons (Fsp3) is 0.667. The van der Waals surface area contributed by atoms with Crippen molar-refractivity contribution in [1.29, 1.82) is 0 Å². The number of nitrogens with one attached hydrogen (secondary N) is 1. The van der Waals surface area contributed by atoms with Crippen molar-refractivity contribution in [3.63, 3.8) is 0 Å². The van der Waals surface area contributed by atoms with Gasteiger partial charge in [-0.15, -0.1) is 0 Å². The SMILES string of the molecule is CC/C=C\C/C=C\C/C=C\C/C=C\C/C=C\C/C=C\CCC(=O)NC(COC1OC(CO)C(OC2OC(CO)C(O)C(O)C2O)C(O)C1O)C(O)/C=C/CCCCCC. The largest absolute Gasteiger partial charge is 0.394 e. The molecule has 2 saturated heterocycles. The van der Waals surface area contributed by atoms with Gasteiger partial charge in [0.05, 0.1) is 32.0 Å². The molecule has 0 aliphatic carbocycles. The Labute approximate surface area is 350 Å². The number of carbonyl (C=O) groups is 1. The van der Waals surface area contributed by atoms with Gasteiger partial charge in [0.1, 0.15) is 48.8 Å². The van der Waals surface area contributed by atoms with Gasteiger partial charge in [0.15, 0.2) is 12.6 Å². The highest BCUT2D eigenvalue weighted by Gasteiger charge is 2.50. The van der Waals surface area contributed by atoms with Gasteiger partial charge in [-0.1, -0.05) is 118 Å². The monoisotopic (exact) mass is 836 g/mol. The van der Waals surface area contributed by atoms with Crippen LogP contribution >= 0.6 is 0 Å². The van der Waals surface area contributed by atoms with E-state index in [2.05, 4.69) is 79.9 Å². The normalized spacial score (nSPS) is 29.4. The lowest BCUT2D eigenvalue weighted by molar-refractivity contribution is -0.359. The molecule has 2 heterocycles. The molecular formula is C45H73NO13. The summed E-state index contributed by atoms with van der Waals surface area (Å²) in [6.07, 6.45) is 22.6. The minimum Gasteiger partial charge on any atom is -0.394 e. The maximum absolute atomic E-state index is 13.0. The molecule has 9 N–H and O–H groups in total. The quantitative estimate of drug-likeness (QED) is 0.0389. The summed E-state index contributed by atoms with van der Waals surface area (Å²) in [4.78, 5) is 13.0. The van der Waals surface area contributed by atoms with Crippen molar-refractivity contribution in [2.24, 2.45) is 0 Å². The lowest BCUT2D eigenvalue weighted by Gasteiger charge is -2.46. The van der Waals surface area contributed by atoms with E-state index < -0.39 is 86.8 Å². The van der Waals surface area contributed by atoms with Gasteiger partial charge in [-0.25, -0.2) is 0 Å². The van der Waals surface area contributed by atoms with Gasteiger partial charge in [0.2, 0.25) is 5.91 Å². The highest BCUT2D eigenvalue weighted by atomic mass is 16.7. The van der Waals surface area contributed by atoms with Crippen molar-refractivity contribution < 1.29 is 64.6 Å². The molecule has 2 aliphatic heterocycles. The fourth-order valence-electron chi connectivity index (χ4n) is 6.31. The topological polar surface area (TPSA) is 228 Å². The van der Waals surface area contributed by atoms with E-state index >= 15 is 0 Å². The van der Waals surface area contributed by atoms with Crippen LogP contribution in [0, 0.1) is 0 Å². The highest BCUT2D eigenvalue weighted by molar-refractivity contribution is 5.76. The number of aliphatic hydroxyl groups excluding tert-OH is 8. The molecule has 2 fully saturated rings. The number of hydrogen-bond donors (Lipinski definition) is 9. The summed E-state index contributed by atoms with van der Waals surface area (Å²) in [6.45, 7) is 2.47. The van der Waals surface area contributed by atoms with Gasteiger partial charge in [0.25, 0.3) is 0 Å². The molecule has 14 heteroatoms. The van der Waals surface area contributed by atoms with E-state index in [9.17, 15) is 45.6 Å². The smallest absolute Gasteiger partial charge is 0.220 e. The third-order valence-electron chi connectivity index (χ3n) is 9.85. The van der Waals surface area contributed by atoms with Crippen molar-refractivity contribution in [2.45, 2.75) is 171 Å². The van der Waals surface area contributed by atoms with Gasteiger partial charge < -0.3 is 65.1 Å². The number of unbranched alkanes of at least 4 members (excludes halogenated alkanes) is 4. The van der Waals surface area contributed by atoms with Crippen LogP contribution in [0.4, 0.5) is 0 Å². The average Bonchev–Trinajstić information content (AvgIpc) is 3.23. The predicted octanol–water partition coefficient (Wildman–Crippen LogP) is 3.48. The van der Waals surface area contributed by atoms with Crippen LogP contribution in [0.15, 0.2) is 85.1 Å². The van der Waals surface area contributed by atoms with Crippen LogP contribution in [0.25, 0.3) is 0 Å². The first kappa shape index (κ1) is 52.3. The molecule has 12 unspecified atom stereocenters. The minimum absolute atomic E-state index is 0.150. The number of carbonyl (C=O) groups excluding carboxylic acids is 1. The molecule has 0 radical (unpaired) electrons. The summed E-state index contributed by atoms with van der Waals surface area (Å²) in [7, 11) is 0. The molecule has 0 saturated carbocycles. The average molecular weight is 836 g/mol. The molecule has 2 rings (SSSR count). The van der Waals surface area contributed by atoms with Gasteiger partial charge in [-0.3, -0.25) is 4.79 Å². The minimum atomic E-state index is -1.80. The van der Waals surface area contributed by atoms with Gasteiger partial charge in [-0.05, 0) is 57.8 Å². The second kappa shape index (κ2) is 32.0. The summed E-state index contributed by atoms with van der Waals surface area (Å²) in [5, 5.41) is 85.9. The second-order valence-electron chi connectivity index (χ2n) is 14.7. The molecular weight excluding hydrogens is 762 g/mol. The van der Waals surface area contributed by atoms with E-state index in [0.29, 0.717) is 6.42 Å². The van der Waals surface area contributed by atoms with E-state index in [1.165, 1.54) is 0 Å². The zero-order valence-electron chi connectivity index (χ0n) is 34.9. The molecule has 2 aliphatic rings. The number of allylic oxidation sites excluding steroid dienone is 13. The van der Waals surface area contributed by atoms with Crippen LogP contribution in [-0.4, -0.2) is 140 Å². The van der Waals surface area contributed by atoms with Crippen LogP contribution in [0.2, 0.25) is 0 Å². The highest BCUT2D eigenvalue weighted by Crippen LogP contribution is 2.29. The molecule has 1 amide bonds. The molecule has 14 nitrogen and oxygen atoms in total. The zero-order valence-corrected chi connectivity index (χ0v) is 34.9. The molecule has 12 atom stereocenters. The Bertz CT molecular complexity index is 1310. The third kappa shape index (κ3) is 20.5. The van der Waals surface area contributed by atoms with Crippen molar-refractivity contribution >= 4 is 5.91 Å². The summed E-state index contributed by atoms with van der Waals surface area (Å²) in [5.41, 5.74) is 0. The maximum Gasteiger partial charge on any atom is 0.220 e. The molecule has 0 aromatic carbocycles. The Kier molecular flexibility index (Phi) is 28.3. The number of amides is 1. The fourth-order valence-corrected chi connectivity index (χ4v) is 6.31. The molecule has 0 aromatic heterocycles. The van der Waals surface area contributed by atoms with Crippen molar-refractivity contribution in [2.75, 3.05) is 19.8 Å². The Balaban J connectivity index is 1.88. The van der Waals surface area contributed by atoms with Crippen LogP contribution in [-0.2, 0) is 23.7 Å². The lowest BCUT2D eigenvalue weighted by Crippen LogP contribution is -2.65. The molecule has 336 valence electrons. The van der Waals surface area contributed by atoms with Crippen molar-refractivity contribution in [1.82, 2.24) is 5.32 Å². The zero-order chi connectivity index (χ0) is 43.3. The number of aliphatic hydroxyl groups is 8. The summed E-state index contributed by atoms with van der Waals surface area (Å²) in [6, 6.07) is -0.955. The first-order valence-electron chi connectivity index (χ1n) is 21.3. The summed E-state index contributed by atoms with van der Waals surface area (Å²) in [5.74, 6) is -0.333. The second-order valence-corrected chi connectivity index (χ2v) is 14.7. The Morgan fingerprint density at radius 3 is 1.73 bits per heavy atom. The van der Waals surface area contributed by atoms with Gasteiger partial charge in [-0.2, -0.15) is 0 Å². The van der Waals surface area contributed by atoms with Crippen LogP contribution in [0.3, 0.4) is 0 Å². The van der Waals surface area contributed by atoms with E-state index in [1.807, 2.05) is 18.2 Å². The van der Waals surface area contributed by atoms with E-state index in [0.717, 1.165) is 70.6 Å². The third-order valence-corrected chi connectivity index (χ3v) is 9.85. The van der Waals surface area contributed by atoms with Gasteiger partial charge >= 0.3 is 0 Å². The van der Waals surface area contributed by atoms with Gasteiger partial charge in [0, 0.05) is 6.42 Å². The predicted molar refractivity (Wildman–Crippen MR) is 226 cm³/mol. The van der Waals surface area contributed by atoms with E-state index in [4.69, 9.17) is 18.9 Å². The molecule has 0 aromatic rings. The summed E-state index contributed by atoms with van der Waals surface area (Å²) < 4.78 is 22.5. The van der Waals surface area contributed by atoms with Crippen molar-refractivity contribution in [3.05, 3.63) is 85.1 Å². The van der Waals surface area contributed by atoms with Crippen LogP contribution in [0.5, 0.6) is 0 Å². The van der Waals surface area contributed by atoms with Crippen molar-refractivity contribution in [3.8, 4) is 0 Å². The maximum atomic E-state index is 13.0. The number of ether oxygens (including phenoxy) is 4. The molecule has 59 heavy (non-hydrogen) atoms. The standard InChI is InChI=1S/C45H73NO13/c1-3-5-7-9-11-12-13-14-15-16-17-18-19-20-21-22-23-25-27-29-37(50)46-33(34(49)28-26-24-10-8-6-4-2)32-56-44-42(55)40(53)43(36(31-48)58-44)59-45-41(54)39(52)38(51)35(30-47)57-45/h5,7,11-12,14-15,17-18,20-21,23,25-26,28,33-36,38-45,47-49,51-55H,3-4,6,8-10,13,16,19,22,24,27,29-32H2,1-2H3,(H,46,50)/b7-5-,12-11-,15-14-,18-17-,21-20-,25-23-,28-26+. The van der Waals surface area contributed by atoms with E-state index in [1.54, 1.807) is 6.08 Å². The molecule has 0 spiro atoms.